The van der Waals surface area contributed by atoms with Gasteiger partial charge in [0.05, 0.1) is 0 Å². The Hall–Kier alpha value is -2.10. The largest absolute Gasteiger partial charge is 0.356 e. The summed E-state index contributed by atoms with van der Waals surface area (Å²) < 4.78 is 0. The van der Waals surface area contributed by atoms with Crippen molar-refractivity contribution in [1.29, 1.82) is 0 Å². The molecule has 18 heavy (non-hydrogen) atoms. The van der Waals surface area contributed by atoms with Crippen molar-refractivity contribution < 1.29 is 4.79 Å². The van der Waals surface area contributed by atoms with E-state index in [4.69, 9.17) is 0 Å². The number of hydrogen-bond donors (Lipinski definition) is 2. The summed E-state index contributed by atoms with van der Waals surface area (Å²) in [5.74, 6) is 0.214. The van der Waals surface area contributed by atoms with Crippen LogP contribution in [-0.2, 0) is 4.79 Å². The highest BCUT2D eigenvalue weighted by atomic mass is 16.1. The van der Waals surface area contributed by atoms with Crippen LogP contribution in [-0.4, -0.2) is 17.4 Å². The molecule has 94 valence electrons. The van der Waals surface area contributed by atoms with Gasteiger partial charge in [0, 0.05) is 24.5 Å². The molecule has 4 heteroatoms. The van der Waals surface area contributed by atoms with Gasteiger partial charge in [-0.3, -0.25) is 9.59 Å². The molecule has 0 saturated carbocycles. The summed E-state index contributed by atoms with van der Waals surface area (Å²) in [5, 5.41) is 3.81. The topological polar surface area (TPSA) is 62.0 Å². The van der Waals surface area contributed by atoms with Crippen molar-refractivity contribution in [3.63, 3.8) is 0 Å². The molecule has 1 aromatic heterocycles. The molecule has 0 aliphatic carbocycles. The molecule has 1 amide bonds. The minimum atomic E-state index is -0.0521. The molecule has 0 unspecified atom stereocenters. The van der Waals surface area contributed by atoms with Crippen LogP contribution in [0.5, 0.6) is 0 Å². The van der Waals surface area contributed by atoms with Crippen molar-refractivity contribution >= 4 is 16.8 Å². The number of amides is 1. The number of hydrogen-bond acceptors (Lipinski definition) is 2. The Morgan fingerprint density at radius 3 is 2.44 bits per heavy atom. The molecule has 0 spiro atoms. The van der Waals surface area contributed by atoms with Crippen LogP contribution >= 0.6 is 0 Å². The lowest BCUT2D eigenvalue weighted by Crippen LogP contribution is -2.28. The Bertz CT molecular complexity index is 581. The highest BCUT2D eigenvalue weighted by Crippen LogP contribution is 2.06. The van der Waals surface area contributed by atoms with Gasteiger partial charge in [0.2, 0.25) is 11.5 Å². The molecule has 1 aliphatic rings. The Morgan fingerprint density at radius 2 is 1.78 bits per heavy atom. The fourth-order valence-electron chi connectivity index (χ4n) is 1.82. The van der Waals surface area contributed by atoms with Crippen molar-refractivity contribution in [2.24, 2.45) is 0 Å². The number of piperidine rings is 1. The number of aromatic amines is 1. The van der Waals surface area contributed by atoms with E-state index in [2.05, 4.69) is 10.3 Å². The van der Waals surface area contributed by atoms with E-state index in [0.717, 1.165) is 36.7 Å². The van der Waals surface area contributed by atoms with Crippen molar-refractivity contribution in [2.45, 2.75) is 19.3 Å². The summed E-state index contributed by atoms with van der Waals surface area (Å²) in [6.45, 7) is 0.888. The molecule has 0 atom stereocenters. The lowest BCUT2D eigenvalue weighted by molar-refractivity contribution is -0.122. The highest BCUT2D eigenvalue weighted by molar-refractivity contribution is 5.77. The average molecular weight is 244 g/mol. The third kappa shape index (κ3) is 3.45. The fraction of sp³-hybridized carbons (Fsp3) is 0.286. The van der Waals surface area contributed by atoms with Crippen LogP contribution in [0.25, 0.3) is 10.9 Å². The zero-order valence-electron chi connectivity index (χ0n) is 10.1. The number of pyridine rings is 1. The molecule has 1 aliphatic heterocycles. The summed E-state index contributed by atoms with van der Waals surface area (Å²) in [4.78, 5) is 23.9. The minimum Gasteiger partial charge on any atom is -0.356 e. The van der Waals surface area contributed by atoms with Gasteiger partial charge in [-0.2, -0.15) is 0 Å². The zero-order chi connectivity index (χ0) is 12.8. The monoisotopic (exact) mass is 244 g/mol. The van der Waals surface area contributed by atoms with Crippen LogP contribution in [0.3, 0.4) is 0 Å². The van der Waals surface area contributed by atoms with Gasteiger partial charge in [-0.05, 0) is 30.4 Å². The Kier molecular flexibility index (Phi) is 4.12. The number of fused-ring (bicyclic) bond motifs is 1. The first-order valence-electron chi connectivity index (χ1n) is 6.10. The summed E-state index contributed by atoms with van der Waals surface area (Å²) in [7, 11) is 0. The number of H-pyrrole nitrogens is 1. The number of carbonyl (C=O) groups is 1. The second-order valence-electron chi connectivity index (χ2n) is 4.22. The first-order valence-corrected chi connectivity index (χ1v) is 6.10. The minimum absolute atomic E-state index is 0.0521. The molecule has 2 heterocycles. The van der Waals surface area contributed by atoms with Gasteiger partial charge < -0.3 is 10.3 Å². The fourth-order valence-corrected chi connectivity index (χ4v) is 1.82. The lowest BCUT2D eigenvalue weighted by Gasteiger charge is -2.08. The number of rotatable bonds is 0. The SMILES string of the molecule is O=C1CCCCN1.O=c1ccc2ccccc2[nH]1. The van der Waals surface area contributed by atoms with Crippen molar-refractivity contribution in [2.75, 3.05) is 6.54 Å². The maximum Gasteiger partial charge on any atom is 0.248 e. The molecule has 2 N–H and O–H groups in total. The maximum absolute atomic E-state index is 10.8. The highest BCUT2D eigenvalue weighted by Gasteiger charge is 2.04. The predicted octanol–water partition coefficient (Wildman–Crippen LogP) is 1.81. The maximum atomic E-state index is 10.8. The molecule has 1 aromatic carbocycles. The normalized spacial score (nSPS) is 14.6. The van der Waals surface area contributed by atoms with Crippen molar-refractivity contribution in [3.8, 4) is 0 Å². The van der Waals surface area contributed by atoms with E-state index < -0.39 is 0 Å². The third-order valence-corrected chi connectivity index (χ3v) is 2.79. The summed E-state index contributed by atoms with van der Waals surface area (Å²) in [6, 6.07) is 11.0. The van der Waals surface area contributed by atoms with Crippen LogP contribution in [0.4, 0.5) is 0 Å². The molecule has 1 fully saturated rings. The Balaban J connectivity index is 0.000000149. The van der Waals surface area contributed by atoms with Gasteiger partial charge in [-0.1, -0.05) is 18.2 Å². The summed E-state index contributed by atoms with van der Waals surface area (Å²) >= 11 is 0. The number of benzene rings is 1. The van der Waals surface area contributed by atoms with Crippen LogP contribution < -0.4 is 10.9 Å². The smallest absolute Gasteiger partial charge is 0.248 e. The van der Waals surface area contributed by atoms with E-state index in [1.165, 1.54) is 6.07 Å². The summed E-state index contributed by atoms with van der Waals surface area (Å²) in [6.07, 6.45) is 2.97. The van der Waals surface area contributed by atoms with E-state index in [9.17, 15) is 9.59 Å². The van der Waals surface area contributed by atoms with Crippen LogP contribution in [0.2, 0.25) is 0 Å². The van der Waals surface area contributed by atoms with E-state index in [-0.39, 0.29) is 11.5 Å². The van der Waals surface area contributed by atoms with E-state index >= 15 is 0 Å². The molecular formula is C14H16N2O2. The zero-order valence-corrected chi connectivity index (χ0v) is 10.1. The standard InChI is InChI=1S/C9H7NO.C5H9NO/c11-9-6-5-7-3-1-2-4-8(7)10-9;7-5-3-1-2-4-6-5/h1-6H,(H,10,11);1-4H2,(H,6,7). The number of aromatic nitrogens is 1. The lowest BCUT2D eigenvalue weighted by atomic mass is 10.2. The second kappa shape index (κ2) is 6.00. The van der Waals surface area contributed by atoms with Gasteiger partial charge in [-0.25, -0.2) is 0 Å². The first-order chi connectivity index (χ1) is 8.75. The predicted molar refractivity (Wildman–Crippen MR) is 71.4 cm³/mol. The van der Waals surface area contributed by atoms with Crippen LogP contribution in [0, 0.1) is 0 Å². The molecule has 0 radical (unpaired) electrons. The van der Waals surface area contributed by atoms with Crippen molar-refractivity contribution in [3.05, 3.63) is 46.8 Å². The summed E-state index contributed by atoms with van der Waals surface area (Å²) in [5.41, 5.74) is 0.837. The molecule has 0 bridgehead atoms. The van der Waals surface area contributed by atoms with Crippen LogP contribution in [0.15, 0.2) is 41.2 Å². The molecular weight excluding hydrogens is 228 g/mol. The molecule has 2 aromatic rings. The number of carbonyl (C=O) groups excluding carboxylic acids is 1. The second-order valence-corrected chi connectivity index (χ2v) is 4.22. The molecule has 1 saturated heterocycles. The molecule has 3 rings (SSSR count). The Labute approximate surface area is 105 Å². The Morgan fingerprint density at radius 1 is 0.944 bits per heavy atom. The van der Waals surface area contributed by atoms with Gasteiger partial charge in [0.25, 0.3) is 0 Å². The van der Waals surface area contributed by atoms with E-state index in [1.54, 1.807) is 0 Å². The van der Waals surface area contributed by atoms with Crippen molar-refractivity contribution in [1.82, 2.24) is 10.3 Å². The number of nitrogens with one attached hydrogen (secondary N) is 2. The van der Waals surface area contributed by atoms with Gasteiger partial charge >= 0.3 is 0 Å². The third-order valence-electron chi connectivity index (χ3n) is 2.79. The van der Waals surface area contributed by atoms with E-state index in [0.29, 0.717) is 0 Å². The number of para-hydroxylation sites is 1. The average Bonchev–Trinajstić information content (AvgIpc) is 2.40. The van der Waals surface area contributed by atoms with Gasteiger partial charge in [0.1, 0.15) is 0 Å². The quantitative estimate of drug-likeness (QED) is 0.742. The van der Waals surface area contributed by atoms with E-state index in [1.807, 2.05) is 30.3 Å². The van der Waals surface area contributed by atoms with Crippen LogP contribution in [0.1, 0.15) is 19.3 Å². The first kappa shape index (κ1) is 12.4. The molecule has 4 nitrogen and oxygen atoms in total. The van der Waals surface area contributed by atoms with Gasteiger partial charge in [-0.15, -0.1) is 0 Å². The van der Waals surface area contributed by atoms with Gasteiger partial charge in [0.15, 0.2) is 0 Å².